The highest BCUT2D eigenvalue weighted by molar-refractivity contribution is 5.89. The van der Waals surface area contributed by atoms with Crippen LogP contribution in [0.25, 0.3) is 11.0 Å². The lowest BCUT2D eigenvalue weighted by Crippen LogP contribution is -2.53. The Labute approximate surface area is 262 Å². The highest BCUT2D eigenvalue weighted by Gasteiger charge is 2.46. The van der Waals surface area contributed by atoms with Gasteiger partial charge in [-0.15, -0.1) is 5.10 Å². The molecule has 45 heavy (non-hydrogen) atoms. The molecular formula is C33H41N7O5. The SMILES string of the molecule is Cc1cc(CC(OC(=O)N2CCC3(CC2)OC(=O)Nc2ccccc23)C(=O)N2CCC(N3CCCCC3)CC2)cc2nn[nH]c12. The summed E-state index contributed by atoms with van der Waals surface area (Å²) in [6.07, 6.45) is 4.79. The van der Waals surface area contributed by atoms with Crippen LogP contribution in [0.15, 0.2) is 36.4 Å². The van der Waals surface area contributed by atoms with Crippen LogP contribution in [0.4, 0.5) is 15.3 Å². The van der Waals surface area contributed by atoms with Crippen LogP contribution in [-0.2, 0) is 26.3 Å². The Morgan fingerprint density at radius 3 is 2.56 bits per heavy atom. The predicted octanol–water partition coefficient (Wildman–Crippen LogP) is 4.34. The third-order valence-corrected chi connectivity index (χ3v) is 10.1. The van der Waals surface area contributed by atoms with E-state index in [0.717, 1.165) is 53.8 Å². The number of ether oxygens (including phenoxy) is 2. The van der Waals surface area contributed by atoms with Crippen molar-refractivity contribution in [3.63, 3.8) is 0 Å². The second kappa shape index (κ2) is 12.3. The zero-order valence-corrected chi connectivity index (χ0v) is 25.8. The number of nitrogens with one attached hydrogen (secondary N) is 2. The molecule has 3 amide bonds. The quantitative estimate of drug-likeness (QED) is 0.433. The summed E-state index contributed by atoms with van der Waals surface area (Å²) in [5.41, 5.74) is 4.23. The van der Waals surface area contributed by atoms with E-state index >= 15 is 0 Å². The number of hydrogen-bond acceptors (Lipinski definition) is 8. The third-order valence-electron chi connectivity index (χ3n) is 10.1. The molecule has 0 radical (unpaired) electrons. The molecule has 1 spiro atoms. The number of amides is 3. The van der Waals surface area contributed by atoms with Gasteiger partial charge < -0.3 is 24.2 Å². The van der Waals surface area contributed by atoms with Crippen molar-refractivity contribution in [3.8, 4) is 0 Å². The summed E-state index contributed by atoms with van der Waals surface area (Å²) in [6, 6.07) is 12.0. The lowest BCUT2D eigenvalue weighted by molar-refractivity contribution is -0.142. The molecule has 0 bridgehead atoms. The van der Waals surface area contributed by atoms with E-state index in [4.69, 9.17) is 9.47 Å². The van der Waals surface area contributed by atoms with Crippen molar-refractivity contribution < 1.29 is 23.9 Å². The molecule has 2 N–H and O–H groups in total. The summed E-state index contributed by atoms with van der Waals surface area (Å²) < 4.78 is 11.9. The van der Waals surface area contributed by atoms with E-state index in [1.165, 1.54) is 19.3 Å². The topological polar surface area (TPSA) is 133 Å². The van der Waals surface area contributed by atoms with Gasteiger partial charge in [-0.3, -0.25) is 15.2 Å². The average molecular weight is 616 g/mol. The molecule has 3 fully saturated rings. The molecule has 12 nitrogen and oxygen atoms in total. The zero-order chi connectivity index (χ0) is 31.0. The number of nitrogens with zero attached hydrogens (tertiary/aromatic N) is 5. The van der Waals surface area contributed by atoms with Crippen LogP contribution in [0.3, 0.4) is 0 Å². The first-order chi connectivity index (χ1) is 21.9. The minimum Gasteiger partial charge on any atom is -0.438 e. The van der Waals surface area contributed by atoms with Crippen molar-refractivity contribution in [2.45, 2.75) is 76.0 Å². The molecule has 1 aromatic heterocycles. The van der Waals surface area contributed by atoms with Gasteiger partial charge in [-0.05, 0) is 69.0 Å². The highest BCUT2D eigenvalue weighted by atomic mass is 16.6. The third kappa shape index (κ3) is 5.95. The smallest absolute Gasteiger partial charge is 0.412 e. The van der Waals surface area contributed by atoms with E-state index in [-0.39, 0.29) is 12.3 Å². The van der Waals surface area contributed by atoms with Crippen LogP contribution in [-0.4, -0.2) is 99.6 Å². The number of aromatic nitrogens is 3. The van der Waals surface area contributed by atoms with E-state index in [1.807, 2.05) is 48.2 Å². The van der Waals surface area contributed by atoms with Crippen molar-refractivity contribution in [3.05, 3.63) is 53.1 Å². The van der Waals surface area contributed by atoms with Crippen molar-refractivity contribution in [2.75, 3.05) is 44.6 Å². The van der Waals surface area contributed by atoms with Crippen LogP contribution in [0.5, 0.6) is 0 Å². The van der Waals surface area contributed by atoms with Crippen molar-refractivity contribution in [1.29, 1.82) is 0 Å². The fourth-order valence-electron chi connectivity index (χ4n) is 7.62. The number of aromatic amines is 1. The Morgan fingerprint density at radius 1 is 1.02 bits per heavy atom. The number of carbonyl (C=O) groups is 3. The van der Waals surface area contributed by atoms with Gasteiger partial charge in [0.05, 0.1) is 11.2 Å². The van der Waals surface area contributed by atoms with Gasteiger partial charge in [0.2, 0.25) is 0 Å². The van der Waals surface area contributed by atoms with Crippen LogP contribution >= 0.6 is 0 Å². The van der Waals surface area contributed by atoms with Crippen molar-refractivity contribution in [1.82, 2.24) is 30.1 Å². The second-order valence-electron chi connectivity index (χ2n) is 12.9. The number of likely N-dealkylation sites (tertiary alicyclic amines) is 3. The highest BCUT2D eigenvalue weighted by Crippen LogP contribution is 2.43. The monoisotopic (exact) mass is 615 g/mol. The normalized spacial score (nSPS) is 21.2. The van der Waals surface area contributed by atoms with E-state index in [2.05, 4.69) is 25.6 Å². The number of aryl methyl sites for hydroxylation is 1. The number of para-hydroxylation sites is 1. The molecule has 3 aromatic rings. The van der Waals surface area contributed by atoms with Crippen LogP contribution in [0, 0.1) is 6.92 Å². The molecule has 238 valence electrons. The van der Waals surface area contributed by atoms with Gasteiger partial charge in [0.1, 0.15) is 11.1 Å². The maximum absolute atomic E-state index is 14.0. The molecule has 0 saturated carbocycles. The Bertz CT molecular complexity index is 1570. The summed E-state index contributed by atoms with van der Waals surface area (Å²) in [7, 11) is 0. The molecule has 5 heterocycles. The second-order valence-corrected chi connectivity index (χ2v) is 12.9. The first kappa shape index (κ1) is 29.5. The van der Waals surface area contributed by atoms with Gasteiger partial charge in [0.25, 0.3) is 5.91 Å². The van der Waals surface area contributed by atoms with Crippen LogP contribution in [0.1, 0.15) is 61.6 Å². The Morgan fingerprint density at radius 2 is 1.78 bits per heavy atom. The van der Waals surface area contributed by atoms with E-state index in [0.29, 0.717) is 50.6 Å². The number of piperidine rings is 3. The minimum absolute atomic E-state index is 0.159. The molecule has 2 aromatic carbocycles. The van der Waals surface area contributed by atoms with Gasteiger partial charge in [0.15, 0.2) is 6.10 Å². The first-order valence-corrected chi connectivity index (χ1v) is 16.3. The van der Waals surface area contributed by atoms with Gasteiger partial charge in [0, 0.05) is 57.0 Å². The van der Waals surface area contributed by atoms with Gasteiger partial charge in [-0.2, -0.15) is 0 Å². The van der Waals surface area contributed by atoms with Gasteiger partial charge in [-0.25, -0.2) is 9.59 Å². The summed E-state index contributed by atoms with van der Waals surface area (Å²) in [5, 5.41) is 13.8. The van der Waals surface area contributed by atoms with Crippen LogP contribution in [0.2, 0.25) is 0 Å². The average Bonchev–Trinajstić information content (AvgIpc) is 3.54. The molecule has 0 aliphatic carbocycles. The number of benzene rings is 2. The molecule has 1 unspecified atom stereocenters. The Balaban J connectivity index is 1.05. The number of rotatable bonds is 5. The first-order valence-electron chi connectivity index (χ1n) is 16.3. The number of hydrogen-bond donors (Lipinski definition) is 2. The number of H-pyrrole nitrogens is 1. The number of fused-ring (bicyclic) bond motifs is 3. The van der Waals surface area contributed by atoms with E-state index < -0.39 is 23.9 Å². The Hall–Kier alpha value is -4.19. The largest absolute Gasteiger partial charge is 0.438 e. The maximum Gasteiger partial charge on any atom is 0.412 e. The van der Waals surface area contributed by atoms with Gasteiger partial charge in [-0.1, -0.05) is 35.9 Å². The predicted molar refractivity (Wildman–Crippen MR) is 167 cm³/mol. The van der Waals surface area contributed by atoms with E-state index in [1.54, 1.807) is 4.90 Å². The Kier molecular flexibility index (Phi) is 8.07. The van der Waals surface area contributed by atoms with E-state index in [9.17, 15) is 14.4 Å². The van der Waals surface area contributed by atoms with Crippen molar-refractivity contribution in [2.24, 2.45) is 0 Å². The molecule has 4 aliphatic heterocycles. The molecular weight excluding hydrogens is 574 g/mol. The van der Waals surface area contributed by atoms with Crippen LogP contribution < -0.4 is 5.32 Å². The summed E-state index contributed by atoms with van der Waals surface area (Å²) in [4.78, 5) is 46.1. The molecule has 4 aliphatic rings. The summed E-state index contributed by atoms with van der Waals surface area (Å²) in [5.74, 6) is -0.159. The fourth-order valence-corrected chi connectivity index (χ4v) is 7.62. The molecule has 3 saturated heterocycles. The minimum atomic E-state index is -0.971. The maximum atomic E-state index is 14.0. The molecule has 7 rings (SSSR count). The lowest BCUT2D eigenvalue weighted by atomic mass is 9.82. The number of anilines is 1. The number of carbonyl (C=O) groups excluding carboxylic acids is 3. The van der Waals surface area contributed by atoms with Gasteiger partial charge >= 0.3 is 12.2 Å². The zero-order valence-electron chi connectivity index (χ0n) is 25.8. The lowest BCUT2D eigenvalue weighted by Gasteiger charge is -2.44. The standard InChI is InChI=1S/C33H41N7O5/c1-22-19-23(20-27-29(22)36-37-35-27)21-28(30(41)39-15-9-24(10-16-39)38-13-5-2-6-14-38)44-32(43)40-17-11-33(12-18-40)25-7-3-4-8-26(25)34-31(42)45-33/h3-4,7-8,19-20,24,28H,2,5-6,9-18,21H2,1H3,(H,34,42)(H,35,36,37). The summed E-state index contributed by atoms with van der Waals surface area (Å²) >= 11 is 0. The van der Waals surface area contributed by atoms with Crippen molar-refractivity contribution >= 4 is 34.8 Å². The molecule has 12 heteroatoms. The molecule has 1 atom stereocenters. The summed E-state index contributed by atoms with van der Waals surface area (Å²) in [6.45, 7) is 6.23. The fraction of sp³-hybridized carbons (Fsp3) is 0.545.